The number of hydrogen-bond donors (Lipinski definition) is 1. The molecule has 0 aliphatic carbocycles. The number of methoxy groups -OCH3 is 2. The van der Waals surface area contributed by atoms with E-state index in [2.05, 4.69) is 10.4 Å². The molecule has 0 aliphatic heterocycles. The summed E-state index contributed by atoms with van der Waals surface area (Å²) in [6.45, 7) is 0. The van der Waals surface area contributed by atoms with Gasteiger partial charge in [-0.25, -0.2) is 4.68 Å². The minimum Gasteiger partial charge on any atom is -0.493 e. The lowest BCUT2D eigenvalue weighted by Gasteiger charge is -2.11. The van der Waals surface area contributed by atoms with Gasteiger partial charge in [-0.05, 0) is 12.1 Å². The molecule has 0 unspecified atom stereocenters. The van der Waals surface area contributed by atoms with E-state index in [-0.39, 0.29) is 0 Å². The van der Waals surface area contributed by atoms with E-state index in [1.807, 2.05) is 31.3 Å². The highest BCUT2D eigenvalue weighted by molar-refractivity contribution is 5.52. The van der Waals surface area contributed by atoms with E-state index >= 15 is 0 Å². The largest absolute Gasteiger partial charge is 0.493 e. The predicted molar refractivity (Wildman–Crippen MR) is 66.2 cm³/mol. The number of nitrogens with one attached hydrogen (secondary N) is 1. The lowest BCUT2D eigenvalue weighted by Crippen LogP contribution is -2.02. The number of nitrogens with zero attached hydrogens (tertiary/aromatic N) is 2. The minimum absolute atomic E-state index is 0.683. The van der Waals surface area contributed by atoms with Crippen molar-refractivity contribution in [2.75, 3.05) is 26.6 Å². The molecule has 5 heteroatoms. The van der Waals surface area contributed by atoms with Crippen LogP contribution in [0.25, 0.3) is 5.69 Å². The van der Waals surface area contributed by atoms with E-state index in [0.29, 0.717) is 11.5 Å². The molecule has 0 fully saturated rings. The summed E-state index contributed by atoms with van der Waals surface area (Å²) in [5, 5.41) is 7.31. The van der Waals surface area contributed by atoms with Crippen molar-refractivity contribution < 1.29 is 9.47 Å². The molecule has 0 radical (unpaired) electrons. The second-order valence-corrected chi connectivity index (χ2v) is 3.42. The lowest BCUT2D eigenvalue weighted by molar-refractivity contribution is 0.355. The molecule has 1 N–H and O–H groups in total. The maximum atomic E-state index is 5.26. The van der Waals surface area contributed by atoms with Gasteiger partial charge in [0.25, 0.3) is 0 Å². The molecule has 0 amide bonds. The Morgan fingerprint density at radius 2 is 1.88 bits per heavy atom. The van der Waals surface area contributed by atoms with Gasteiger partial charge in [-0.2, -0.15) is 5.10 Å². The average Bonchev–Trinajstić information content (AvgIpc) is 2.86. The van der Waals surface area contributed by atoms with Crippen molar-refractivity contribution in [2.24, 2.45) is 0 Å². The summed E-state index contributed by atoms with van der Waals surface area (Å²) in [6.07, 6.45) is 1.74. The van der Waals surface area contributed by atoms with Crippen LogP contribution in [0.3, 0.4) is 0 Å². The minimum atomic E-state index is 0.683. The van der Waals surface area contributed by atoms with Gasteiger partial charge < -0.3 is 14.8 Å². The molecule has 0 saturated heterocycles. The van der Waals surface area contributed by atoms with Crippen LogP contribution in [0.15, 0.2) is 30.5 Å². The zero-order valence-corrected chi connectivity index (χ0v) is 10.1. The van der Waals surface area contributed by atoms with Gasteiger partial charge in [-0.1, -0.05) is 0 Å². The summed E-state index contributed by atoms with van der Waals surface area (Å²) < 4.78 is 12.3. The highest BCUT2D eigenvalue weighted by Crippen LogP contribution is 2.29. The van der Waals surface area contributed by atoms with Gasteiger partial charge in [-0.3, -0.25) is 0 Å². The molecular weight excluding hydrogens is 218 g/mol. The third kappa shape index (κ3) is 2.04. The zero-order chi connectivity index (χ0) is 12.3. The Balaban J connectivity index is 2.46. The van der Waals surface area contributed by atoms with E-state index < -0.39 is 0 Å². The van der Waals surface area contributed by atoms with Gasteiger partial charge in [0.2, 0.25) is 0 Å². The van der Waals surface area contributed by atoms with Gasteiger partial charge in [0, 0.05) is 19.2 Å². The van der Waals surface area contributed by atoms with Gasteiger partial charge in [0.1, 0.15) is 5.82 Å². The first-order valence-corrected chi connectivity index (χ1v) is 5.24. The summed E-state index contributed by atoms with van der Waals surface area (Å²) in [7, 11) is 5.09. The van der Waals surface area contributed by atoms with E-state index in [1.54, 1.807) is 25.1 Å². The molecule has 0 bridgehead atoms. The molecule has 1 heterocycles. The van der Waals surface area contributed by atoms with Crippen molar-refractivity contribution in [3.8, 4) is 17.2 Å². The second kappa shape index (κ2) is 4.78. The summed E-state index contributed by atoms with van der Waals surface area (Å²) in [5.74, 6) is 2.30. The fourth-order valence-corrected chi connectivity index (χ4v) is 1.66. The van der Waals surface area contributed by atoms with Crippen LogP contribution in [0.1, 0.15) is 0 Å². The number of hydrogen-bond acceptors (Lipinski definition) is 4. The molecule has 0 saturated carbocycles. The third-order valence-electron chi connectivity index (χ3n) is 2.51. The maximum absolute atomic E-state index is 5.26. The summed E-state index contributed by atoms with van der Waals surface area (Å²) in [5.41, 5.74) is 0.914. The molecule has 90 valence electrons. The molecule has 17 heavy (non-hydrogen) atoms. The molecule has 0 atom stereocenters. The van der Waals surface area contributed by atoms with E-state index in [9.17, 15) is 0 Å². The van der Waals surface area contributed by atoms with Crippen molar-refractivity contribution in [1.82, 2.24) is 9.78 Å². The maximum Gasteiger partial charge on any atom is 0.162 e. The Labute approximate surface area is 100.0 Å². The van der Waals surface area contributed by atoms with Crippen LogP contribution >= 0.6 is 0 Å². The van der Waals surface area contributed by atoms with E-state index in [4.69, 9.17) is 9.47 Å². The van der Waals surface area contributed by atoms with Gasteiger partial charge >= 0.3 is 0 Å². The van der Waals surface area contributed by atoms with Crippen LogP contribution in [0.5, 0.6) is 11.5 Å². The van der Waals surface area contributed by atoms with Crippen LogP contribution in [0, 0.1) is 0 Å². The van der Waals surface area contributed by atoms with Gasteiger partial charge in [0.05, 0.1) is 26.1 Å². The van der Waals surface area contributed by atoms with Crippen molar-refractivity contribution in [1.29, 1.82) is 0 Å². The molecule has 1 aromatic heterocycles. The fraction of sp³-hybridized carbons (Fsp3) is 0.250. The Bertz CT molecular complexity index is 508. The Hall–Kier alpha value is -2.17. The Kier molecular flexibility index (Phi) is 3.18. The first-order chi connectivity index (χ1) is 8.30. The van der Waals surface area contributed by atoms with Crippen LogP contribution in [-0.4, -0.2) is 31.0 Å². The summed E-state index contributed by atoms with van der Waals surface area (Å²) in [6, 6.07) is 7.56. The number of rotatable bonds is 4. The van der Waals surface area contributed by atoms with Crippen molar-refractivity contribution in [3.63, 3.8) is 0 Å². The van der Waals surface area contributed by atoms with Crippen molar-refractivity contribution in [3.05, 3.63) is 30.5 Å². The molecule has 0 spiro atoms. The normalized spacial score (nSPS) is 10.1. The number of benzene rings is 1. The second-order valence-electron chi connectivity index (χ2n) is 3.42. The molecular formula is C12H15N3O2. The topological polar surface area (TPSA) is 48.3 Å². The van der Waals surface area contributed by atoms with Crippen LogP contribution < -0.4 is 14.8 Å². The Morgan fingerprint density at radius 1 is 1.12 bits per heavy atom. The highest BCUT2D eigenvalue weighted by Gasteiger charge is 2.08. The van der Waals surface area contributed by atoms with Gasteiger partial charge in [0.15, 0.2) is 11.5 Å². The standard InChI is InChI=1S/C12H15N3O2/c1-13-12-6-7-14-15(12)9-4-5-10(16-2)11(8-9)17-3/h4-8,13H,1-3H3. The summed E-state index contributed by atoms with van der Waals surface area (Å²) >= 11 is 0. The highest BCUT2D eigenvalue weighted by atomic mass is 16.5. The number of anilines is 1. The van der Waals surface area contributed by atoms with Crippen molar-refractivity contribution >= 4 is 5.82 Å². The molecule has 5 nitrogen and oxygen atoms in total. The van der Waals surface area contributed by atoms with Crippen LogP contribution in [-0.2, 0) is 0 Å². The van der Waals surface area contributed by atoms with Crippen LogP contribution in [0.2, 0.25) is 0 Å². The first-order valence-electron chi connectivity index (χ1n) is 5.24. The molecule has 0 aliphatic rings. The van der Waals surface area contributed by atoms with Crippen molar-refractivity contribution in [2.45, 2.75) is 0 Å². The number of ether oxygens (including phenoxy) is 2. The first kappa shape index (κ1) is 11.3. The lowest BCUT2D eigenvalue weighted by atomic mass is 10.3. The fourth-order valence-electron chi connectivity index (χ4n) is 1.66. The Morgan fingerprint density at radius 3 is 2.53 bits per heavy atom. The SMILES string of the molecule is CNc1ccnn1-c1ccc(OC)c(OC)c1. The predicted octanol–water partition coefficient (Wildman–Crippen LogP) is 1.93. The number of aromatic nitrogens is 2. The monoisotopic (exact) mass is 233 g/mol. The quantitative estimate of drug-likeness (QED) is 0.876. The van der Waals surface area contributed by atoms with E-state index in [0.717, 1.165) is 11.5 Å². The van der Waals surface area contributed by atoms with Gasteiger partial charge in [-0.15, -0.1) is 0 Å². The zero-order valence-electron chi connectivity index (χ0n) is 10.1. The summed E-state index contributed by atoms with van der Waals surface area (Å²) in [4.78, 5) is 0. The molecule has 2 aromatic rings. The average molecular weight is 233 g/mol. The third-order valence-corrected chi connectivity index (χ3v) is 2.51. The van der Waals surface area contributed by atoms with Crippen LogP contribution in [0.4, 0.5) is 5.82 Å². The molecule has 1 aromatic carbocycles. The smallest absolute Gasteiger partial charge is 0.162 e. The molecule has 2 rings (SSSR count). The van der Waals surface area contributed by atoms with E-state index in [1.165, 1.54) is 0 Å².